The van der Waals surface area contributed by atoms with Gasteiger partial charge in [0.15, 0.2) is 11.6 Å². The van der Waals surface area contributed by atoms with Gasteiger partial charge in [-0.2, -0.15) is 0 Å². The Morgan fingerprint density at radius 3 is 3.07 bits per heavy atom. The molecule has 1 heterocycles. The number of aryl methyl sites for hydroxylation is 1. The summed E-state index contributed by atoms with van der Waals surface area (Å²) in [7, 11) is 0. The zero-order chi connectivity index (χ0) is 10.6. The predicted molar refractivity (Wildman–Crippen MR) is 51.0 cm³/mol. The maximum atomic E-state index is 8.39. The van der Waals surface area contributed by atoms with Crippen LogP contribution in [0, 0.1) is 6.92 Å². The highest BCUT2D eigenvalue weighted by atomic mass is 16.5. The van der Waals surface area contributed by atoms with Gasteiger partial charge in [-0.25, -0.2) is 0 Å². The van der Waals surface area contributed by atoms with Crippen LogP contribution in [0.3, 0.4) is 0 Å². The second kappa shape index (κ2) is 4.61. The van der Waals surface area contributed by atoms with Crippen molar-refractivity contribution in [2.45, 2.75) is 26.4 Å². The maximum absolute atomic E-state index is 8.39. The van der Waals surface area contributed by atoms with Gasteiger partial charge in [-0.1, -0.05) is 10.3 Å². The van der Waals surface area contributed by atoms with Gasteiger partial charge in [0.1, 0.15) is 0 Å². The Bertz CT molecular complexity index is 321. The summed E-state index contributed by atoms with van der Waals surface area (Å²) in [5.74, 6) is 0.862. The number of nitrogens with zero attached hydrogens (tertiary/aromatic N) is 2. The highest BCUT2D eigenvalue weighted by molar-refractivity contribution is 5.84. The lowest BCUT2D eigenvalue weighted by Gasteiger charge is -2.09. The fraction of sp³-hybridized carbons (Fsp3) is 0.500. The predicted octanol–water partition coefficient (Wildman–Crippen LogP) is 0.208. The van der Waals surface area contributed by atoms with E-state index in [1.165, 1.54) is 0 Å². The Morgan fingerprint density at radius 1 is 1.86 bits per heavy atom. The maximum Gasteiger partial charge on any atom is 0.156 e. The van der Waals surface area contributed by atoms with Crippen LogP contribution in [0.4, 0.5) is 0 Å². The largest absolute Gasteiger partial charge is 0.409 e. The Kier molecular flexibility index (Phi) is 3.47. The van der Waals surface area contributed by atoms with Crippen LogP contribution in [-0.4, -0.2) is 22.2 Å². The molecule has 0 spiro atoms. The highest BCUT2D eigenvalue weighted by Crippen LogP contribution is 2.01. The van der Waals surface area contributed by atoms with Gasteiger partial charge >= 0.3 is 0 Å². The number of aromatic nitrogens is 1. The van der Waals surface area contributed by atoms with Crippen LogP contribution in [0.1, 0.15) is 18.4 Å². The lowest BCUT2D eigenvalue weighted by Crippen LogP contribution is -2.38. The number of amidine groups is 1. The fourth-order valence-electron chi connectivity index (χ4n) is 0.944. The van der Waals surface area contributed by atoms with Crippen molar-refractivity contribution in [2.24, 2.45) is 10.9 Å². The van der Waals surface area contributed by atoms with Crippen LogP contribution in [-0.2, 0) is 6.54 Å². The molecule has 0 saturated carbocycles. The molecule has 4 N–H and O–H groups in total. The summed E-state index contributed by atoms with van der Waals surface area (Å²) in [6.07, 6.45) is 0. The Morgan fingerprint density at radius 2 is 2.57 bits per heavy atom. The lowest BCUT2D eigenvalue weighted by molar-refractivity contribution is 0.314. The van der Waals surface area contributed by atoms with Crippen LogP contribution in [0.15, 0.2) is 15.7 Å². The van der Waals surface area contributed by atoms with E-state index in [-0.39, 0.29) is 11.9 Å². The van der Waals surface area contributed by atoms with E-state index in [1.807, 2.05) is 13.0 Å². The molecule has 0 aliphatic heterocycles. The average molecular weight is 198 g/mol. The van der Waals surface area contributed by atoms with Crippen molar-refractivity contribution in [3.05, 3.63) is 17.5 Å². The normalized spacial score (nSPS) is 14.3. The summed E-state index contributed by atoms with van der Waals surface area (Å²) in [6.45, 7) is 4.14. The van der Waals surface area contributed by atoms with E-state index < -0.39 is 0 Å². The van der Waals surface area contributed by atoms with E-state index in [4.69, 9.17) is 15.5 Å². The molecule has 78 valence electrons. The van der Waals surface area contributed by atoms with Gasteiger partial charge in [0.2, 0.25) is 0 Å². The van der Waals surface area contributed by atoms with E-state index in [2.05, 4.69) is 15.6 Å². The molecule has 0 radical (unpaired) electrons. The molecule has 0 amide bonds. The van der Waals surface area contributed by atoms with Crippen LogP contribution < -0.4 is 11.1 Å². The van der Waals surface area contributed by atoms with Crippen molar-refractivity contribution in [2.75, 3.05) is 0 Å². The average Bonchev–Trinajstić information content (AvgIpc) is 2.59. The lowest BCUT2D eigenvalue weighted by atomic mass is 10.3. The summed E-state index contributed by atoms with van der Waals surface area (Å²) in [4.78, 5) is 0. The van der Waals surface area contributed by atoms with Crippen molar-refractivity contribution < 1.29 is 9.73 Å². The molecule has 0 aromatic carbocycles. The van der Waals surface area contributed by atoms with Crippen molar-refractivity contribution in [3.8, 4) is 0 Å². The zero-order valence-corrected chi connectivity index (χ0v) is 8.19. The summed E-state index contributed by atoms with van der Waals surface area (Å²) in [6, 6.07) is 1.62. The first kappa shape index (κ1) is 10.5. The number of nitrogens with one attached hydrogen (secondary N) is 1. The third-order valence-electron chi connectivity index (χ3n) is 1.82. The molecule has 1 aromatic rings. The monoisotopic (exact) mass is 198 g/mol. The summed E-state index contributed by atoms with van der Waals surface area (Å²) in [5.41, 5.74) is 6.21. The summed E-state index contributed by atoms with van der Waals surface area (Å²) >= 11 is 0. The van der Waals surface area contributed by atoms with Gasteiger partial charge in [0.05, 0.1) is 18.3 Å². The smallest absolute Gasteiger partial charge is 0.156 e. The van der Waals surface area contributed by atoms with Crippen LogP contribution in [0.5, 0.6) is 0 Å². The molecule has 1 rings (SSSR count). The van der Waals surface area contributed by atoms with E-state index in [1.54, 1.807) is 6.92 Å². The summed E-state index contributed by atoms with van der Waals surface area (Å²) < 4.78 is 4.97. The molecular formula is C8H14N4O2. The SMILES string of the molecule is Cc1cc(CNC(C)C(N)=NO)on1. The van der Waals surface area contributed by atoms with E-state index >= 15 is 0 Å². The standard InChI is InChI=1S/C8H14N4O2/c1-5-3-7(14-12-5)4-10-6(2)8(9)11-13/h3,6,10,13H,4H2,1-2H3,(H2,9,11). The minimum absolute atomic E-state index is 0.140. The van der Waals surface area contributed by atoms with Gasteiger partial charge in [-0.15, -0.1) is 0 Å². The number of oxime groups is 1. The van der Waals surface area contributed by atoms with Gasteiger partial charge < -0.3 is 20.8 Å². The Balaban J connectivity index is 2.41. The Labute approximate surface area is 81.8 Å². The van der Waals surface area contributed by atoms with E-state index in [0.717, 1.165) is 11.5 Å². The first-order valence-corrected chi connectivity index (χ1v) is 4.26. The van der Waals surface area contributed by atoms with Crippen molar-refractivity contribution in [1.82, 2.24) is 10.5 Å². The second-order valence-corrected chi connectivity index (χ2v) is 3.06. The topological polar surface area (TPSA) is 96.7 Å². The minimum Gasteiger partial charge on any atom is -0.409 e. The number of rotatable bonds is 4. The van der Waals surface area contributed by atoms with E-state index in [9.17, 15) is 0 Å². The molecule has 14 heavy (non-hydrogen) atoms. The number of hydrogen-bond acceptors (Lipinski definition) is 5. The van der Waals surface area contributed by atoms with Crippen molar-refractivity contribution in [3.63, 3.8) is 0 Å². The van der Waals surface area contributed by atoms with E-state index in [0.29, 0.717) is 6.54 Å². The minimum atomic E-state index is -0.203. The molecule has 6 nitrogen and oxygen atoms in total. The first-order valence-electron chi connectivity index (χ1n) is 4.26. The van der Waals surface area contributed by atoms with Crippen molar-refractivity contribution in [1.29, 1.82) is 0 Å². The first-order chi connectivity index (χ1) is 6.63. The molecule has 1 atom stereocenters. The summed E-state index contributed by atoms with van der Waals surface area (Å²) in [5, 5.41) is 18.0. The van der Waals surface area contributed by atoms with Gasteiger partial charge in [0.25, 0.3) is 0 Å². The van der Waals surface area contributed by atoms with Crippen LogP contribution >= 0.6 is 0 Å². The van der Waals surface area contributed by atoms with Gasteiger partial charge in [-0.05, 0) is 13.8 Å². The molecule has 1 unspecified atom stereocenters. The quantitative estimate of drug-likeness (QED) is 0.278. The van der Waals surface area contributed by atoms with Gasteiger partial charge in [-0.3, -0.25) is 0 Å². The third kappa shape index (κ3) is 2.74. The molecule has 0 fully saturated rings. The molecule has 1 aromatic heterocycles. The zero-order valence-electron chi connectivity index (χ0n) is 8.19. The molecule has 6 heteroatoms. The van der Waals surface area contributed by atoms with Crippen LogP contribution in [0.25, 0.3) is 0 Å². The molecule has 0 aliphatic carbocycles. The fourth-order valence-corrected chi connectivity index (χ4v) is 0.944. The third-order valence-corrected chi connectivity index (χ3v) is 1.82. The molecule has 0 aliphatic rings. The highest BCUT2D eigenvalue weighted by Gasteiger charge is 2.08. The number of hydrogen-bond donors (Lipinski definition) is 3. The number of nitrogens with two attached hydrogens (primary N) is 1. The van der Waals surface area contributed by atoms with Crippen molar-refractivity contribution >= 4 is 5.84 Å². The van der Waals surface area contributed by atoms with Gasteiger partial charge in [0, 0.05) is 6.07 Å². The molecular weight excluding hydrogens is 184 g/mol. The molecule has 0 bridgehead atoms. The second-order valence-electron chi connectivity index (χ2n) is 3.06. The van der Waals surface area contributed by atoms with Crippen LogP contribution in [0.2, 0.25) is 0 Å². The molecule has 0 saturated heterocycles. The Hall–Kier alpha value is -1.56.